The number of nitrogens with one attached hydrogen (secondary N) is 1. The standard InChI is InChI=1S/C18H23NO5/c1-12-14-11-13(22-2)8-9-15(14)24-17(12)18(21)19-10-6-4-5-7-16(20)23-3/h8-9,11H,4-7,10H2,1-3H3,(H,19,21). The number of carbonyl (C=O) groups is 2. The SMILES string of the molecule is COC(=O)CCCCCNC(=O)c1oc2ccc(OC)cc2c1C. The van der Waals surface area contributed by atoms with Crippen LogP contribution in [0.3, 0.4) is 0 Å². The average Bonchev–Trinajstić information content (AvgIpc) is 2.93. The van der Waals surface area contributed by atoms with Gasteiger partial charge in [-0.2, -0.15) is 0 Å². The Hall–Kier alpha value is -2.50. The van der Waals surface area contributed by atoms with Crippen LogP contribution in [0.25, 0.3) is 11.0 Å². The van der Waals surface area contributed by atoms with Crippen LogP contribution in [0.15, 0.2) is 22.6 Å². The molecule has 0 atom stereocenters. The summed E-state index contributed by atoms with van der Waals surface area (Å²) >= 11 is 0. The van der Waals surface area contributed by atoms with Crippen molar-refractivity contribution in [3.05, 3.63) is 29.5 Å². The van der Waals surface area contributed by atoms with Crippen LogP contribution in [0.2, 0.25) is 0 Å². The van der Waals surface area contributed by atoms with Gasteiger partial charge in [-0.25, -0.2) is 0 Å². The van der Waals surface area contributed by atoms with Gasteiger partial charge < -0.3 is 19.2 Å². The highest BCUT2D eigenvalue weighted by Crippen LogP contribution is 2.28. The first-order chi connectivity index (χ1) is 11.6. The highest BCUT2D eigenvalue weighted by molar-refractivity contribution is 5.99. The van der Waals surface area contributed by atoms with Crippen molar-refractivity contribution in [3.8, 4) is 5.75 Å². The van der Waals surface area contributed by atoms with Gasteiger partial charge in [-0.15, -0.1) is 0 Å². The summed E-state index contributed by atoms with van der Waals surface area (Å²) in [7, 11) is 2.98. The van der Waals surface area contributed by atoms with Crippen LogP contribution in [0.4, 0.5) is 0 Å². The first-order valence-electron chi connectivity index (χ1n) is 7.99. The van der Waals surface area contributed by atoms with Gasteiger partial charge in [-0.05, 0) is 38.0 Å². The molecule has 24 heavy (non-hydrogen) atoms. The molecule has 0 fully saturated rings. The summed E-state index contributed by atoms with van der Waals surface area (Å²) in [6, 6.07) is 5.46. The minimum atomic E-state index is -0.226. The number of ether oxygens (including phenoxy) is 2. The monoisotopic (exact) mass is 333 g/mol. The summed E-state index contributed by atoms with van der Waals surface area (Å²) in [5.74, 6) is 0.625. The molecule has 130 valence electrons. The van der Waals surface area contributed by atoms with Crippen LogP contribution in [-0.4, -0.2) is 32.6 Å². The van der Waals surface area contributed by atoms with Crippen molar-refractivity contribution in [2.45, 2.75) is 32.6 Å². The molecule has 0 aliphatic carbocycles. The Morgan fingerprint density at radius 2 is 1.96 bits per heavy atom. The molecule has 0 bridgehead atoms. The number of esters is 1. The van der Waals surface area contributed by atoms with Gasteiger partial charge in [0.1, 0.15) is 11.3 Å². The third kappa shape index (κ3) is 4.28. The zero-order valence-electron chi connectivity index (χ0n) is 14.3. The van der Waals surface area contributed by atoms with E-state index in [1.807, 2.05) is 13.0 Å². The molecule has 0 radical (unpaired) electrons. The summed E-state index contributed by atoms with van der Waals surface area (Å²) in [5.41, 5.74) is 1.46. The molecule has 2 aromatic rings. The predicted octanol–water partition coefficient (Wildman–Crippen LogP) is 3.21. The highest BCUT2D eigenvalue weighted by atomic mass is 16.5. The van der Waals surface area contributed by atoms with Crippen LogP contribution in [0.5, 0.6) is 5.75 Å². The number of carbonyl (C=O) groups excluding carboxylic acids is 2. The Morgan fingerprint density at radius 1 is 1.17 bits per heavy atom. The van der Waals surface area contributed by atoms with E-state index in [-0.39, 0.29) is 11.9 Å². The number of hydrogen-bond donors (Lipinski definition) is 1. The Labute approximate surface area is 141 Å². The second kappa shape index (κ2) is 8.38. The second-order valence-corrected chi connectivity index (χ2v) is 5.56. The first kappa shape index (κ1) is 17.8. The predicted molar refractivity (Wildman–Crippen MR) is 90.3 cm³/mol. The lowest BCUT2D eigenvalue weighted by molar-refractivity contribution is -0.140. The molecule has 0 saturated carbocycles. The lowest BCUT2D eigenvalue weighted by atomic mass is 10.1. The largest absolute Gasteiger partial charge is 0.497 e. The van der Waals surface area contributed by atoms with E-state index in [1.54, 1.807) is 19.2 Å². The van der Waals surface area contributed by atoms with E-state index >= 15 is 0 Å². The van der Waals surface area contributed by atoms with E-state index in [2.05, 4.69) is 10.1 Å². The molecule has 1 amide bonds. The molecule has 0 aliphatic heterocycles. The zero-order valence-corrected chi connectivity index (χ0v) is 14.3. The number of fused-ring (bicyclic) bond motifs is 1. The fourth-order valence-electron chi connectivity index (χ4n) is 2.50. The van der Waals surface area contributed by atoms with E-state index in [1.165, 1.54) is 7.11 Å². The number of benzene rings is 1. The number of aryl methyl sites for hydroxylation is 1. The van der Waals surface area contributed by atoms with E-state index < -0.39 is 0 Å². The van der Waals surface area contributed by atoms with Crippen molar-refractivity contribution in [1.82, 2.24) is 5.32 Å². The summed E-state index contributed by atoms with van der Waals surface area (Å²) in [5, 5.41) is 3.72. The molecule has 1 heterocycles. The molecular formula is C18H23NO5. The molecule has 1 N–H and O–H groups in total. The van der Waals surface area contributed by atoms with E-state index in [4.69, 9.17) is 9.15 Å². The lowest BCUT2D eigenvalue weighted by Gasteiger charge is -2.04. The maximum Gasteiger partial charge on any atom is 0.305 e. The molecule has 2 rings (SSSR count). The third-order valence-corrected chi connectivity index (χ3v) is 3.92. The summed E-state index contributed by atoms with van der Waals surface area (Å²) in [4.78, 5) is 23.3. The van der Waals surface area contributed by atoms with Gasteiger partial charge in [-0.1, -0.05) is 6.42 Å². The van der Waals surface area contributed by atoms with Gasteiger partial charge in [0.15, 0.2) is 5.76 Å². The second-order valence-electron chi connectivity index (χ2n) is 5.56. The summed E-state index contributed by atoms with van der Waals surface area (Å²) < 4.78 is 15.4. The Morgan fingerprint density at radius 3 is 2.67 bits per heavy atom. The fraction of sp³-hybridized carbons (Fsp3) is 0.444. The third-order valence-electron chi connectivity index (χ3n) is 3.92. The molecule has 0 saturated heterocycles. The topological polar surface area (TPSA) is 77.8 Å². The van der Waals surface area contributed by atoms with Gasteiger partial charge >= 0.3 is 5.97 Å². The minimum Gasteiger partial charge on any atom is -0.497 e. The zero-order chi connectivity index (χ0) is 17.5. The van der Waals surface area contributed by atoms with Gasteiger partial charge in [0.05, 0.1) is 14.2 Å². The molecule has 0 spiro atoms. The summed E-state index contributed by atoms with van der Waals surface area (Å²) in [6.45, 7) is 2.40. The first-order valence-corrected chi connectivity index (χ1v) is 7.99. The quantitative estimate of drug-likeness (QED) is 0.593. The number of furan rings is 1. The normalized spacial score (nSPS) is 10.6. The van der Waals surface area contributed by atoms with Crippen LogP contribution in [0, 0.1) is 6.92 Å². The van der Waals surface area contributed by atoms with Crippen LogP contribution >= 0.6 is 0 Å². The van der Waals surface area contributed by atoms with Crippen molar-refractivity contribution in [3.63, 3.8) is 0 Å². The molecule has 6 nitrogen and oxygen atoms in total. The maximum atomic E-state index is 12.3. The van der Waals surface area contributed by atoms with Crippen LogP contribution in [-0.2, 0) is 9.53 Å². The highest BCUT2D eigenvalue weighted by Gasteiger charge is 2.17. The molecular weight excluding hydrogens is 310 g/mol. The van der Waals surface area contributed by atoms with E-state index in [0.717, 1.165) is 36.0 Å². The van der Waals surface area contributed by atoms with Crippen LogP contribution < -0.4 is 10.1 Å². The smallest absolute Gasteiger partial charge is 0.305 e. The molecule has 0 unspecified atom stereocenters. The number of unbranched alkanes of at least 4 members (excludes halogenated alkanes) is 2. The average molecular weight is 333 g/mol. The minimum absolute atomic E-state index is 0.202. The van der Waals surface area contributed by atoms with Crippen molar-refractivity contribution in [1.29, 1.82) is 0 Å². The fourth-order valence-corrected chi connectivity index (χ4v) is 2.50. The molecule has 1 aromatic carbocycles. The maximum absolute atomic E-state index is 12.3. The Bertz CT molecular complexity index is 720. The molecule has 0 aliphatic rings. The van der Waals surface area contributed by atoms with Crippen molar-refractivity contribution >= 4 is 22.8 Å². The van der Waals surface area contributed by atoms with Crippen molar-refractivity contribution < 1.29 is 23.5 Å². The Balaban J connectivity index is 1.87. The number of methoxy groups -OCH3 is 2. The number of amides is 1. The number of rotatable bonds is 8. The van der Waals surface area contributed by atoms with Crippen LogP contribution in [0.1, 0.15) is 41.8 Å². The molecule has 6 heteroatoms. The van der Waals surface area contributed by atoms with E-state index in [9.17, 15) is 9.59 Å². The van der Waals surface area contributed by atoms with Gasteiger partial charge in [0.25, 0.3) is 5.91 Å². The van der Waals surface area contributed by atoms with Crippen molar-refractivity contribution in [2.75, 3.05) is 20.8 Å². The van der Waals surface area contributed by atoms with Crippen molar-refractivity contribution in [2.24, 2.45) is 0 Å². The summed E-state index contributed by atoms with van der Waals surface area (Å²) in [6.07, 6.45) is 2.82. The molecule has 1 aromatic heterocycles. The van der Waals surface area contributed by atoms with Gasteiger partial charge in [-0.3, -0.25) is 9.59 Å². The Kier molecular flexibility index (Phi) is 6.23. The lowest BCUT2D eigenvalue weighted by Crippen LogP contribution is -2.24. The van der Waals surface area contributed by atoms with Gasteiger partial charge in [0.2, 0.25) is 0 Å². The van der Waals surface area contributed by atoms with Gasteiger partial charge in [0, 0.05) is 23.9 Å². The number of hydrogen-bond acceptors (Lipinski definition) is 5. The van der Waals surface area contributed by atoms with E-state index in [0.29, 0.717) is 24.3 Å².